The average Bonchev–Trinajstić information content (AvgIpc) is 2.39. The van der Waals surface area contributed by atoms with Gasteiger partial charge in [0, 0.05) is 0 Å². The fourth-order valence-electron chi connectivity index (χ4n) is 1.47. The summed E-state index contributed by atoms with van der Waals surface area (Å²) in [6, 6.07) is 16.6. The molecule has 0 saturated heterocycles. The maximum absolute atomic E-state index is 9.53. The molecule has 0 radical (unpaired) electrons. The largest absolute Gasteiger partial charge is 0.457 e. The lowest BCUT2D eigenvalue weighted by atomic mass is 10.1. The number of hydrogen-bond acceptors (Lipinski definition) is 2. The minimum atomic E-state index is -0.894. The van der Waals surface area contributed by atoms with Crippen molar-refractivity contribution in [1.82, 2.24) is 0 Å². The average molecular weight is 224 g/mol. The van der Waals surface area contributed by atoms with Gasteiger partial charge < -0.3 is 9.84 Å². The molecular weight excluding hydrogens is 212 g/mol. The standard InChI is InChI=1S/C15H12O2/c1-2-15(16)12-7-6-10-14(11-12)17-13-8-4-3-5-9-13/h1,3-11,15-16H/t15-/m0/s1. The monoisotopic (exact) mass is 224 g/mol. The summed E-state index contributed by atoms with van der Waals surface area (Å²) in [5.74, 6) is 3.68. The first-order chi connectivity index (χ1) is 8.29. The van der Waals surface area contributed by atoms with Crippen LogP contribution in [-0.4, -0.2) is 5.11 Å². The first-order valence-corrected chi connectivity index (χ1v) is 5.26. The third kappa shape index (κ3) is 2.87. The van der Waals surface area contributed by atoms with Gasteiger partial charge >= 0.3 is 0 Å². The molecule has 0 unspecified atom stereocenters. The van der Waals surface area contributed by atoms with Gasteiger partial charge in [0.15, 0.2) is 0 Å². The topological polar surface area (TPSA) is 29.5 Å². The number of terminal acetylenes is 1. The predicted octanol–water partition coefficient (Wildman–Crippen LogP) is 3.15. The lowest BCUT2D eigenvalue weighted by Crippen LogP contribution is -1.93. The molecule has 0 fully saturated rings. The molecule has 0 aliphatic carbocycles. The Morgan fingerprint density at radius 1 is 1.00 bits per heavy atom. The van der Waals surface area contributed by atoms with Gasteiger partial charge in [0.1, 0.15) is 17.6 Å². The molecule has 2 aromatic carbocycles. The molecular formula is C15H12O2. The van der Waals surface area contributed by atoms with Gasteiger partial charge in [-0.3, -0.25) is 0 Å². The van der Waals surface area contributed by atoms with E-state index in [-0.39, 0.29) is 0 Å². The summed E-state index contributed by atoms with van der Waals surface area (Å²) in [5, 5.41) is 9.53. The van der Waals surface area contributed by atoms with E-state index in [1.807, 2.05) is 36.4 Å². The van der Waals surface area contributed by atoms with E-state index in [9.17, 15) is 5.11 Å². The Morgan fingerprint density at radius 3 is 2.41 bits per heavy atom. The Labute approximate surface area is 100 Å². The fraction of sp³-hybridized carbons (Fsp3) is 0.0667. The summed E-state index contributed by atoms with van der Waals surface area (Å²) < 4.78 is 5.63. The Bertz CT molecular complexity index is 526. The Kier molecular flexibility index (Phi) is 3.44. The third-order valence-corrected chi connectivity index (χ3v) is 2.31. The summed E-state index contributed by atoms with van der Waals surface area (Å²) in [5.41, 5.74) is 0.654. The quantitative estimate of drug-likeness (QED) is 0.811. The van der Waals surface area contributed by atoms with Crippen molar-refractivity contribution >= 4 is 0 Å². The molecule has 0 aliphatic rings. The minimum absolute atomic E-state index is 0.654. The molecule has 0 aromatic heterocycles. The number of para-hydroxylation sites is 1. The second kappa shape index (κ2) is 5.20. The first kappa shape index (κ1) is 11.3. The van der Waals surface area contributed by atoms with Gasteiger partial charge in [0.25, 0.3) is 0 Å². The summed E-state index contributed by atoms with van der Waals surface area (Å²) >= 11 is 0. The highest BCUT2D eigenvalue weighted by Crippen LogP contribution is 2.24. The molecule has 17 heavy (non-hydrogen) atoms. The van der Waals surface area contributed by atoms with Crippen LogP contribution in [-0.2, 0) is 0 Å². The van der Waals surface area contributed by atoms with Crippen LogP contribution < -0.4 is 4.74 Å². The second-order valence-electron chi connectivity index (χ2n) is 3.56. The van der Waals surface area contributed by atoms with Crippen LogP contribution >= 0.6 is 0 Å². The van der Waals surface area contributed by atoms with Crippen molar-refractivity contribution < 1.29 is 9.84 Å². The summed E-state index contributed by atoms with van der Waals surface area (Å²) in [6.07, 6.45) is 4.27. The van der Waals surface area contributed by atoms with Crippen LogP contribution in [0.5, 0.6) is 11.5 Å². The molecule has 0 amide bonds. The van der Waals surface area contributed by atoms with Gasteiger partial charge in [0.2, 0.25) is 0 Å². The van der Waals surface area contributed by atoms with Crippen molar-refractivity contribution in [3.8, 4) is 23.8 Å². The molecule has 1 atom stereocenters. The normalized spacial score (nSPS) is 11.5. The van der Waals surface area contributed by atoms with Crippen molar-refractivity contribution in [1.29, 1.82) is 0 Å². The molecule has 2 rings (SSSR count). The smallest absolute Gasteiger partial charge is 0.140 e. The lowest BCUT2D eigenvalue weighted by Gasteiger charge is -2.08. The van der Waals surface area contributed by atoms with E-state index in [0.717, 1.165) is 5.75 Å². The number of rotatable bonds is 3. The van der Waals surface area contributed by atoms with Crippen LogP contribution in [0.2, 0.25) is 0 Å². The number of ether oxygens (including phenoxy) is 1. The highest BCUT2D eigenvalue weighted by atomic mass is 16.5. The van der Waals surface area contributed by atoms with Crippen molar-refractivity contribution in [3.63, 3.8) is 0 Å². The minimum Gasteiger partial charge on any atom is -0.457 e. The van der Waals surface area contributed by atoms with E-state index >= 15 is 0 Å². The predicted molar refractivity (Wildman–Crippen MR) is 66.8 cm³/mol. The van der Waals surface area contributed by atoms with Gasteiger partial charge in [0.05, 0.1) is 0 Å². The Morgan fingerprint density at radius 2 is 1.71 bits per heavy atom. The third-order valence-electron chi connectivity index (χ3n) is 2.31. The van der Waals surface area contributed by atoms with Crippen LogP contribution in [0.25, 0.3) is 0 Å². The van der Waals surface area contributed by atoms with Crippen molar-refractivity contribution in [2.24, 2.45) is 0 Å². The van der Waals surface area contributed by atoms with Gasteiger partial charge in [-0.15, -0.1) is 6.42 Å². The molecule has 1 N–H and O–H groups in total. The van der Waals surface area contributed by atoms with Crippen molar-refractivity contribution in [2.45, 2.75) is 6.10 Å². The van der Waals surface area contributed by atoms with Crippen LogP contribution in [0.4, 0.5) is 0 Å². The fourth-order valence-corrected chi connectivity index (χ4v) is 1.47. The molecule has 84 valence electrons. The maximum Gasteiger partial charge on any atom is 0.140 e. The number of benzene rings is 2. The van der Waals surface area contributed by atoms with Crippen LogP contribution in [0, 0.1) is 12.3 Å². The Balaban J connectivity index is 2.20. The lowest BCUT2D eigenvalue weighted by molar-refractivity contribution is 0.238. The maximum atomic E-state index is 9.53. The highest BCUT2D eigenvalue weighted by molar-refractivity contribution is 5.36. The van der Waals surface area contributed by atoms with Crippen LogP contribution in [0.3, 0.4) is 0 Å². The molecule has 0 bridgehead atoms. The van der Waals surface area contributed by atoms with Crippen LogP contribution in [0.15, 0.2) is 54.6 Å². The number of hydrogen-bond donors (Lipinski definition) is 1. The molecule has 2 aromatic rings. The zero-order valence-electron chi connectivity index (χ0n) is 9.21. The molecule has 2 heteroatoms. The Hall–Kier alpha value is -2.24. The number of aliphatic hydroxyl groups is 1. The molecule has 0 spiro atoms. The van der Waals surface area contributed by atoms with Crippen molar-refractivity contribution in [3.05, 3.63) is 60.2 Å². The SMILES string of the molecule is C#C[C@H](O)c1cccc(Oc2ccccc2)c1. The highest BCUT2D eigenvalue weighted by Gasteiger charge is 2.04. The van der Waals surface area contributed by atoms with E-state index in [0.29, 0.717) is 11.3 Å². The zero-order chi connectivity index (χ0) is 12.1. The van der Waals surface area contributed by atoms with E-state index in [1.54, 1.807) is 18.2 Å². The van der Waals surface area contributed by atoms with E-state index < -0.39 is 6.10 Å². The van der Waals surface area contributed by atoms with E-state index in [4.69, 9.17) is 11.2 Å². The van der Waals surface area contributed by atoms with Gasteiger partial charge in [-0.25, -0.2) is 0 Å². The van der Waals surface area contributed by atoms with Gasteiger partial charge in [-0.05, 0) is 29.8 Å². The van der Waals surface area contributed by atoms with Crippen molar-refractivity contribution in [2.75, 3.05) is 0 Å². The molecule has 0 heterocycles. The molecule has 0 saturated carbocycles. The van der Waals surface area contributed by atoms with E-state index in [1.165, 1.54) is 0 Å². The van der Waals surface area contributed by atoms with Crippen LogP contribution in [0.1, 0.15) is 11.7 Å². The molecule has 2 nitrogen and oxygen atoms in total. The summed E-state index contributed by atoms with van der Waals surface area (Å²) in [7, 11) is 0. The zero-order valence-corrected chi connectivity index (χ0v) is 9.21. The van der Waals surface area contributed by atoms with Gasteiger partial charge in [-0.1, -0.05) is 36.3 Å². The number of aliphatic hydroxyl groups excluding tert-OH is 1. The summed E-state index contributed by atoms with van der Waals surface area (Å²) in [4.78, 5) is 0. The second-order valence-corrected chi connectivity index (χ2v) is 3.56. The molecule has 0 aliphatic heterocycles. The first-order valence-electron chi connectivity index (χ1n) is 5.26. The van der Waals surface area contributed by atoms with E-state index in [2.05, 4.69) is 5.92 Å². The summed E-state index contributed by atoms with van der Waals surface area (Å²) in [6.45, 7) is 0. The van der Waals surface area contributed by atoms with Gasteiger partial charge in [-0.2, -0.15) is 0 Å².